The highest BCUT2D eigenvalue weighted by Crippen LogP contribution is 2.38. The average Bonchev–Trinajstić information content (AvgIpc) is 2.61. The first-order valence-electron chi connectivity index (χ1n) is 8.72. The normalized spacial score (nSPS) is 11.5. The summed E-state index contributed by atoms with van der Waals surface area (Å²) in [5, 5.41) is 30.0. The van der Waals surface area contributed by atoms with E-state index in [1.165, 1.54) is 0 Å². The van der Waals surface area contributed by atoms with Crippen LogP contribution in [0.2, 0.25) is 0 Å². The zero-order chi connectivity index (χ0) is 19.4. The number of para-hydroxylation sites is 1. The molecule has 28 heavy (non-hydrogen) atoms. The molecular formula is C21H24ClN3O3. The van der Waals surface area contributed by atoms with Crippen molar-refractivity contribution in [2.45, 2.75) is 0 Å². The van der Waals surface area contributed by atoms with E-state index in [1.807, 2.05) is 24.3 Å². The molecule has 0 fully saturated rings. The molecule has 7 heteroatoms. The second kappa shape index (κ2) is 8.91. The van der Waals surface area contributed by atoms with Gasteiger partial charge in [0.1, 0.15) is 41.8 Å². The Hall–Kier alpha value is -2.83. The lowest BCUT2D eigenvalue weighted by atomic mass is 10.1. The first-order valence-corrected chi connectivity index (χ1v) is 8.72. The lowest BCUT2D eigenvalue weighted by Gasteiger charge is -2.23. The van der Waals surface area contributed by atoms with Crippen molar-refractivity contribution in [1.82, 2.24) is 0 Å². The number of likely N-dealkylation sites (N-methyl/N-ethyl adjacent to an activating group) is 1. The molecule has 0 aliphatic rings. The van der Waals surface area contributed by atoms with Crippen molar-refractivity contribution in [3.05, 3.63) is 54.6 Å². The number of ether oxygens (including phenoxy) is 1. The number of phenols is 2. The maximum Gasteiger partial charge on any atom is 0.147 e. The summed E-state index contributed by atoms with van der Waals surface area (Å²) < 4.78 is 6.67. The Morgan fingerprint density at radius 1 is 0.929 bits per heavy atom. The number of aromatic hydroxyl groups is 2. The van der Waals surface area contributed by atoms with Gasteiger partial charge in [-0.15, -0.1) is 10.2 Å². The Balaban J connectivity index is 0.00000280. The molecule has 0 bridgehead atoms. The second-order valence-corrected chi connectivity index (χ2v) is 7.37. The third-order valence-corrected chi connectivity index (χ3v) is 4.10. The van der Waals surface area contributed by atoms with Gasteiger partial charge in [0.05, 0.1) is 21.1 Å². The smallest absolute Gasteiger partial charge is 0.147 e. The number of azo groups is 1. The van der Waals surface area contributed by atoms with Gasteiger partial charge in [-0.2, -0.15) is 0 Å². The highest BCUT2D eigenvalue weighted by Gasteiger charge is 2.10. The van der Waals surface area contributed by atoms with Gasteiger partial charge in [0.25, 0.3) is 0 Å². The molecule has 6 nitrogen and oxygen atoms in total. The van der Waals surface area contributed by atoms with Crippen LogP contribution >= 0.6 is 0 Å². The van der Waals surface area contributed by atoms with Crippen LogP contribution in [0.25, 0.3) is 10.8 Å². The van der Waals surface area contributed by atoms with Crippen LogP contribution in [0.3, 0.4) is 0 Å². The van der Waals surface area contributed by atoms with Crippen molar-refractivity contribution < 1.29 is 31.8 Å². The van der Waals surface area contributed by atoms with E-state index in [0.717, 1.165) is 16.4 Å². The summed E-state index contributed by atoms with van der Waals surface area (Å²) in [6.07, 6.45) is 0. The maximum absolute atomic E-state index is 10.2. The summed E-state index contributed by atoms with van der Waals surface area (Å²) in [5.74, 6) is 0.742. The Labute approximate surface area is 170 Å². The Morgan fingerprint density at radius 3 is 2.39 bits per heavy atom. The Bertz CT molecular complexity index is 979. The standard InChI is InChI=1S/C21H23N3O3.ClH/c1-24(2,3)12-13-27-20-7-5-4-6-18(20)22-23-21-17-14-16(25)10-8-15(17)9-11-19(21)26;/h4-11,14H,12-13H2,1-3H3,(H-,22,25,26);1H. The van der Waals surface area contributed by atoms with Crippen molar-refractivity contribution >= 4 is 22.1 Å². The zero-order valence-corrected chi connectivity index (χ0v) is 16.9. The third kappa shape index (κ3) is 5.34. The quantitative estimate of drug-likeness (QED) is 0.488. The predicted molar refractivity (Wildman–Crippen MR) is 106 cm³/mol. The molecule has 148 valence electrons. The number of hydrogen-bond acceptors (Lipinski definition) is 5. The third-order valence-electron chi connectivity index (χ3n) is 4.10. The number of benzene rings is 3. The van der Waals surface area contributed by atoms with Crippen molar-refractivity contribution in [1.29, 1.82) is 0 Å². The monoisotopic (exact) mass is 401 g/mol. The number of nitrogens with zero attached hydrogens (tertiary/aromatic N) is 3. The van der Waals surface area contributed by atoms with E-state index in [4.69, 9.17) is 4.74 Å². The van der Waals surface area contributed by atoms with Gasteiger partial charge in [-0.3, -0.25) is 0 Å². The average molecular weight is 402 g/mol. The second-order valence-electron chi connectivity index (χ2n) is 7.37. The first kappa shape index (κ1) is 21.5. The van der Waals surface area contributed by atoms with E-state index in [-0.39, 0.29) is 23.9 Å². The molecule has 2 N–H and O–H groups in total. The topological polar surface area (TPSA) is 74.4 Å². The molecule has 0 saturated carbocycles. The minimum Gasteiger partial charge on any atom is -1.00 e. The van der Waals surface area contributed by atoms with Crippen molar-refractivity contribution in [3.8, 4) is 17.2 Å². The summed E-state index contributed by atoms with van der Waals surface area (Å²) in [6, 6.07) is 15.7. The highest BCUT2D eigenvalue weighted by molar-refractivity contribution is 5.96. The molecule has 0 aromatic heterocycles. The van der Waals surface area contributed by atoms with E-state index in [1.54, 1.807) is 30.3 Å². The molecule has 0 atom stereocenters. The number of rotatable bonds is 6. The van der Waals surface area contributed by atoms with Gasteiger partial charge in [-0.05, 0) is 35.7 Å². The van der Waals surface area contributed by atoms with Gasteiger partial charge in [0.15, 0.2) is 0 Å². The van der Waals surface area contributed by atoms with E-state index in [9.17, 15) is 10.2 Å². The van der Waals surface area contributed by atoms with E-state index in [0.29, 0.717) is 29.1 Å². The summed E-state index contributed by atoms with van der Waals surface area (Å²) in [5.41, 5.74) is 0.889. The SMILES string of the molecule is C[N+](C)(C)CCOc1ccccc1N=Nc1c(O)ccc2ccc(O)cc12.[Cl-]. The van der Waals surface area contributed by atoms with Gasteiger partial charge in [-0.25, -0.2) is 0 Å². The van der Waals surface area contributed by atoms with E-state index < -0.39 is 0 Å². The van der Waals surface area contributed by atoms with Crippen molar-refractivity contribution in [2.75, 3.05) is 34.3 Å². The molecule has 3 aromatic carbocycles. The van der Waals surface area contributed by atoms with E-state index in [2.05, 4.69) is 31.4 Å². The number of halogens is 1. The molecule has 0 radical (unpaired) electrons. The molecule has 0 unspecified atom stereocenters. The van der Waals surface area contributed by atoms with Crippen molar-refractivity contribution in [3.63, 3.8) is 0 Å². The first-order chi connectivity index (χ1) is 12.8. The predicted octanol–water partition coefficient (Wildman–Crippen LogP) is 1.76. The molecule has 3 rings (SSSR count). The number of hydrogen-bond donors (Lipinski definition) is 2. The van der Waals surface area contributed by atoms with Gasteiger partial charge >= 0.3 is 0 Å². The van der Waals surface area contributed by atoms with Gasteiger partial charge in [0.2, 0.25) is 0 Å². The fourth-order valence-electron chi connectivity index (χ4n) is 2.58. The molecular weight excluding hydrogens is 378 g/mol. The van der Waals surface area contributed by atoms with Crippen LogP contribution in [0.4, 0.5) is 11.4 Å². The van der Waals surface area contributed by atoms with Crippen LogP contribution in [0.5, 0.6) is 17.2 Å². The number of fused-ring (bicyclic) bond motifs is 1. The lowest BCUT2D eigenvalue weighted by Crippen LogP contribution is -3.00. The zero-order valence-electron chi connectivity index (χ0n) is 16.1. The fourth-order valence-corrected chi connectivity index (χ4v) is 2.58. The van der Waals surface area contributed by atoms with E-state index >= 15 is 0 Å². The van der Waals surface area contributed by atoms with Crippen LogP contribution in [-0.2, 0) is 0 Å². The van der Waals surface area contributed by atoms with Crippen LogP contribution in [-0.4, -0.2) is 49.0 Å². The Kier molecular flexibility index (Phi) is 6.83. The van der Waals surface area contributed by atoms with Crippen LogP contribution in [0.15, 0.2) is 64.8 Å². The minimum atomic E-state index is 0. The molecule has 0 aliphatic heterocycles. The minimum absolute atomic E-state index is 0. The Morgan fingerprint density at radius 2 is 1.64 bits per heavy atom. The summed E-state index contributed by atoms with van der Waals surface area (Å²) in [6.45, 7) is 1.41. The van der Waals surface area contributed by atoms with Crippen LogP contribution in [0.1, 0.15) is 0 Å². The molecule has 0 amide bonds. The number of phenolic OH excluding ortho intramolecular Hbond substituents is 2. The number of quaternary nitrogens is 1. The van der Waals surface area contributed by atoms with Gasteiger partial charge < -0.3 is 31.8 Å². The maximum atomic E-state index is 10.2. The summed E-state index contributed by atoms with van der Waals surface area (Å²) in [7, 11) is 6.31. The highest BCUT2D eigenvalue weighted by atomic mass is 35.5. The van der Waals surface area contributed by atoms with Crippen LogP contribution in [0, 0.1) is 0 Å². The molecule has 0 aliphatic carbocycles. The molecule has 0 heterocycles. The van der Waals surface area contributed by atoms with Crippen LogP contribution < -0.4 is 17.1 Å². The summed E-state index contributed by atoms with van der Waals surface area (Å²) >= 11 is 0. The lowest BCUT2D eigenvalue weighted by molar-refractivity contribution is -0.870. The largest absolute Gasteiger partial charge is 1.00 e. The van der Waals surface area contributed by atoms with Gasteiger partial charge in [-0.1, -0.05) is 24.3 Å². The summed E-state index contributed by atoms with van der Waals surface area (Å²) in [4.78, 5) is 0. The fraction of sp³-hybridized carbons (Fsp3) is 0.238. The molecule has 0 saturated heterocycles. The van der Waals surface area contributed by atoms with Crippen molar-refractivity contribution in [2.24, 2.45) is 10.2 Å². The van der Waals surface area contributed by atoms with Gasteiger partial charge in [0, 0.05) is 5.39 Å². The molecule has 3 aromatic rings. The molecule has 0 spiro atoms.